The number of benzene rings is 1. The minimum Gasteiger partial charge on any atom is -0.481 e. The first-order chi connectivity index (χ1) is 53.2. The Bertz CT molecular complexity index is 3860. The summed E-state index contributed by atoms with van der Waals surface area (Å²) in [5.41, 5.74) is 28.8. The Labute approximate surface area is 646 Å². The monoisotopic (exact) mass is 1590 g/mol. The zero-order valence-corrected chi connectivity index (χ0v) is 62.7. The number of amides is 16. The van der Waals surface area contributed by atoms with Gasteiger partial charge < -0.3 is 122 Å². The molecule has 0 spiro atoms. The average molecular weight is 1590 g/mol. The third-order valence-corrected chi connectivity index (χ3v) is 17.8. The highest BCUT2D eigenvalue weighted by Crippen LogP contribution is 2.23. The lowest BCUT2D eigenvalue weighted by molar-refractivity contribution is -0.143. The number of nitrogens with zero attached hydrogens (tertiary/aromatic N) is 3. The highest BCUT2D eigenvalue weighted by molar-refractivity contribution is 6.02. The van der Waals surface area contributed by atoms with E-state index in [0.29, 0.717) is 11.3 Å². The van der Waals surface area contributed by atoms with Gasteiger partial charge in [0.15, 0.2) is 0 Å². The number of carbonyl (C=O) groups is 19. The molecular weight excluding hydrogens is 1490 g/mol. The van der Waals surface area contributed by atoms with Crippen LogP contribution in [0.15, 0.2) is 55.4 Å². The maximum absolute atomic E-state index is 14.8. The normalized spacial score (nSPS) is 16.2. The quantitative estimate of drug-likeness (QED) is 0.0250. The summed E-state index contributed by atoms with van der Waals surface area (Å²) >= 11 is 0. The van der Waals surface area contributed by atoms with E-state index in [-0.39, 0.29) is 50.8 Å². The third kappa shape index (κ3) is 31.8. The minimum atomic E-state index is -2.15. The molecule has 44 heteroatoms. The van der Waals surface area contributed by atoms with Crippen molar-refractivity contribution >= 4 is 112 Å². The van der Waals surface area contributed by atoms with Gasteiger partial charge in [-0.2, -0.15) is 0 Å². The number of hydrogen-bond donors (Lipinski definition) is 22. The lowest BCUT2D eigenvalue weighted by Gasteiger charge is -2.32. The largest absolute Gasteiger partial charge is 0.481 e. The zero-order chi connectivity index (χ0) is 84.5. The van der Waals surface area contributed by atoms with Crippen molar-refractivity contribution in [2.75, 3.05) is 6.54 Å². The lowest BCUT2D eigenvalue weighted by Crippen LogP contribution is -2.63. The van der Waals surface area contributed by atoms with E-state index < -0.39 is 273 Å². The van der Waals surface area contributed by atoms with Crippen molar-refractivity contribution in [3.05, 3.63) is 72.3 Å². The molecule has 44 nitrogen and oxygen atoms in total. The van der Waals surface area contributed by atoms with Gasteiger partial charge >= 0.3 is 17.9 Å². The molecule has 3 heterocycles. The molecule has 1 saturated heterocycles. The van der Waals surface area contributed by atoms with Gasteiger partial charge in [0, 0.05) is 57.5 Å². The van der Waals surface area contributed by atoms with Gasteiger partial charge in [-0.3, -0.25) is 86.3 Å². The van der Waals surface area contributed by atoms with E-state index >= 15 is 0 Å². The van der Waals surface area contributed by atoms with Gasteiger partial charge in [0.25, 0.3) is 0 Å². The van der Waals surface area contributed by atoms with Crippen LogP contribution in [0.5, 0.6) is 0 Å². The molecule has 0 bridgehead atoms. The summed E-state index contributed by atoms with van der Waals surface area (Å²) in [4.78, 5) is 269. The number of likely N-dealkylation sites (tertiary alicyclic amines) is 1. The molecule has 4 rings (SSSR count). The minimum absolute atomic E-state index is 0.0199. The molecule has 0 unspecified atom stereocenters. The van der Waals surface area contributed by atoms with E-state index in [2.05, 4.69) is 78.4 Å². The number of nitrogens with two attached hydrogens (primary N) is 5. The van der Waals surface area contributed by atoms with E-state index in [1.54, 1.807) is 58.0 Å². The molecule has 2 aromatic heterocycles. The summed E-state index contributed by atoms with van der Waals surface area (Å²) in [6.07, 6.45) is -3.87. The zero-order valence-electron chi connectivity index (χ0n) is 62.7. The van der Waals surface area contributed by atoms with Crippen LogP contribution in [0, 0.1) is 11.8 Å². The Hall–Kier alpha value is -12.5. The number of hydrogen-bond acceptors (Lipinski definition) is 23. The maximum atomic E-state index is 14.8. The van der Waals surface area contributed by atoms with Gasteiger partial charge in [0.05, 0.1) is 55.5 Å². The van der Waals surface area contributed by atoms with Gasteiger partial charge in [0.1, 0.15) is 72.5 Å². The predicted octanol–water partition coefficient (Wildman–Crippen LogP) is -8.01. The number of aromatic nitrogens is 4. The van der Waals surface area contributed by atoms with Crippen molar-refractivity contribution in [2.24, 2.45) is 40.5 Å². The first kappa shape index (κ1) is 92.9. The summed E-state index contributed by atoms with van der Waals surface area (Å²) in [7, 11) is 0. The Morgan fingerprint density at radius 2 is 0.885 bits per heavy atom. The molecule has 0 saturated carbocycles. The second-order valence-corrected chi connectivity index (χ2v) is 27.5. The number of imidazole rings is 2. The number of nitrogens with one attached hydrogen (secondary N) is 13. The molecular formula is C69H101N21O23. The molecule has 0 radical (unpaired) electrons. The average Bonchev–Trinajstić information content (AvgIpc) is 1.75. The Morgan fingerprint density at radius 3 is 1.33 bits per heavy atom. The molecule has 15 atom stereocenters. The SMILES string of the molecule is CC[C@H](C)[C@H](NC(=O)[C@@H]1CCCN1C(=O)[C@H](CC(C)C)NC(=O)[C@H](CC(N)=O)NC(=O)[C@@H](NC(=O)[C@H](CC(N)=O)NC(=O)[C@H](CC(N)=O)NC(=O)[C@H](CCC(=O)O)NC(=O)[C@@H](N)Cc1c[nH]cn1)[C@@H](C)O)C(=O)N[C@@H](CCC(N)=O)C(=O)N[C@@H](Cc1c[nH]cn1)C(=O)N[C@@H](CCC(=O)O)C(=O)N[C@@H](Cc1ccccc1)C(=O)O. The van der Waals surface area contributed by atoms with Crippen molar-refractivity contribution in [2.45, 2.75) is 222 Å². The first-order valence-electron chi connectivity index (χ1n) is 36.1. The van der Waals surface area contributed by atoms with E-state index in [1.165, 1.54) is 25.0 Å². The number of carboxylic acid groups (broad SMARTS) is 3. The van der Waals surface area contributed by atoms with Crippen molar-refractivity contribution < 1.29 is 112 Å². The molecule has 27 N–H and O–H groups in total. The highest BCUT2D eigenvalue weighted by atomic mass is 16.4. The molecule has 113 heavy (non-hydrogen) atoms. The smallest absolute Gasteiger partial charge is 0.326 e. The molecule has 16 amide bonds. The van der Waals surface area contributed by atoms with Gasteiger partial charge in [0.2, 0.25) is 94.5 Å². The van der Waals surface area contributed by atoms with Gasteiger partial charge in [-0.1, -0.05) is 64.4 Å². The van der Waals surface area contributed by atoms with Gasteiger partial charge in [-0.25, -0.2) is 14.8 Å². The second-order valence-electron chi connectivity index (χ2n) is 27.5. The van der Waals surface area contributed by atoms with E-state index in [9.17, 15) is 112 Å². The Balaban J connectivity index is 1.55. The lowest BCUT2D eigenvalue weighted by atomic mass is 9.96. The summed E-state index contributed by atoms with van der Waals surface area (Å²) in [5.74, 6) is -23.9. The van der Waals surface area contributed by atoms with Crippen LogP contribution in [0.4, 0.5) is 0 Å². The summed E-state index contributed by atoms with van der Waals surface area (Å²) in [6, 6.07) is -14.3. The molecule has 3 aromatic rings. The fourth-order valence-corrected chi connectivity index (χ4v) is 11.7. The van der Waals surface area contributed by atoms with Crippen LogP contribution in [-0.2, 0) is 110 Å². The maximum Gasteiger partial charge on any atom is 0.326 e. The summed E-state index contributed by atoms with van der Waals surface area (Å²) in [5, 5.41) is 65.5. The number of H-pyrrole nitrogens is 2. The fourth-order valence-electron chi connectivity index (χ4n) is 11.7. The number of aromatic amines is 2. The Kier molecular flexibility index (Phi) is 37.5. The number of aliphatic hydroxyl groups is 1. The van der Waals surface area contributed by atoms with Crippen molar-refractivity contribution in [1.82, 2.24) is 83.3 Å². The van der Waals surface area contributed by atoms with Crippen LogP contribution in [0.2, 0.25) is 0 Å². The fraction of sp³-hybridized carbons (Fsp3) is 0.551. The van der Waals surface area contributed by atoms with Gasteiger partial charge in [-0.05, 0) is 62.8 Å². The molecule has 0 aliphatic carbocycles. The van der Waals surface area contributed by atoms with E-state index in [0.717, 1.165) is 11.8 Å². The van der Waals surface area contributed by atoms with Crippen molar-refractivity contribution in [3.63, 3.8) is 0 Å². The van der Waals surface area contributed by atoms with Crippen LogP contribution in [0.25, 0.3) is 0 Å². The van der Waals surface area contributed by atoms with Crippen LogP contribution in [0.1, 0.15) is 135 Å². The van der Waals surface area contributed by atoms with Crippen LogP contribution in [-0.4, -0.2) is 249 Å². The van der Waals surface area contributed by atoms with Crippen molar-refractivity contribution in [1.29, 1.82) is 0 Å². The number of aliphatic hydroxyl groups excluding tert-OH is 1. The van der Waals surface area contributed by atoms with Crippen LogP contribution >= 0.6 is 0 Å². The molecule has 1 aliphatic rings. The number of primary amides is 4. The standard InChI is InChI=1S/C69H101N21O23/c1-6-33(4)55(66(109)81-39(14-17-49(71)92)58(101)82-42(24-37-29-76-31-78-37)61(104)80-41(16-19-54(98)99)60(103)87-47(69(112)113)22-35-11-8-7-9-12-35)88-65(108)48-13-10-20-90(48)68(111)46(21-32(2)3)86-63(106)44(26-51(73)94)85-67(110)56(34(5)91)89-64(107)45(27-52(74)95)84-62(105)43(25-50(72)93)83-59(102)40(15-18-53(96)97)79-57(100)38(70)23-36-28-75-30-77-36/h7-9,11-12,28-34,38-48,55-56,91H,6,10,13-27,70H2,1-5H3,(H2,71,92)(H2,72,93)(H2,73,94)(H2,74,95)(H,75,77)(H,76,78)(H,79,100)(H,80,104)(H,81,109)(H,82,101)(H,83,102)(H,84,105)(H,85,110)(H,86,106)(H,87,103)(H,88,108)(H,89,107)(H,96,97)(H,98,99)(H,112,113)/t33-,34+,38-,39-,40-,41-,42-,43-,44-,45-,46-,47-,48-,55-,56-/m0/s1. The molecule has 1 aliphatic heterocycles. The van der Waals surface area contributed by atoms with Gasteiger partial charge in [-0.15, -0.1) is 0 Å². The molecule has 620 valence electrons. The first-order valence-corrected chi connectivity index (χ1v) is 36.1. The van der Waals surface area contributed by atoms with Crippen LogP contribution in [0.3, 0.4) is 0 Å². The van der Waals surface area contributed by atoms with Crippen LogP contribution < -0.4 is 87.2 Å². The molecule has 1 fully saturated rings. The number of rotatable bonds is 50. The van der Waals surface area contributed by atoms with E-state index in [1.807, 2.05) is 0 Å². The number of aliphatic carboxylic acids is 3. The number of carbonyl (C=O) groups excluding carboxylic acids is 16. The van der Waals surface area contributed by atoms with Crippen molar-refractivity contribution in [3.8, 4) is 0 Å². The van der Waals surface area contributed by atoms with E-state index in [4.69, 9.17) is 28.7 Å². The topological polar surface area (TPSA) is 728 Å². The predicted molar refractivity (Wildman–Crippen MR) is 391 cm³/mol. The summed E-state index contributed by atoms with van der Waals surface area (Å²) in [6.45, 7) is 7.39. The number of carboxylic acids is 3. The third-order valence-electron chi connectivity index (χ3n) is 17.8. The molecule has 1 aromatic carbocycles. The highest BCUT2D eigenvalue weighted by Gasteiger charge is 2.43. The Morgan fingerprint density at radius 1 is 0.478 bits per heavy atom. The second kappa shape index (κ2) is 45.6. The summed E-state index contributed by atoms with van der Waals surface area (Å²) < 4.78 is 0.